The van der Waals surface area contributed by atoms with Gasteiger partial charge in [0.2, 0.25) is 0 Å². The Hall–Kier alpha value is -2.00. The van der Waals surface area contributed by atoms with Crippen LogP contribution >= 0.6 is 0 Å². The van der Waals surface area contributed by atoms with Gasteiger partial charge in [0, 0.05) is 5.41 Å². The largest absolute Gasteiger partial charge is 0.384 e. The zero-order valence-electron chi connectivity index (χ0n) is 13.0. The third-order valence-electron chi connectivity index (χ3n) is 3.75. The van der Waals surface area contributed by atoms with Crippen LogP contribution < -0.4 is 0 Å². The van der Waals surface area contributed by atoms with Crippen LogP contribution in [0, 0.1) is 0 Å². The molecule has 0 aromatic heterocycles. The number of aliphatic hydroxyl groups is 1. The van der Waals surface area contributed by atoms with Crippen LogP contribution in [-0.4, -0.2) is 33.8 Å². The lowest BCUT2D eigenvalue weighted by molar-refractivity contribution is 0.220. The zero-order chi connectivity index (χ0) is 18.1. The molecule has 25 heavy (non-hydrogen) atoms. The summed E-state index contributed by atoms with van der Waals surface area (Å²) in [6.45, 7) is 0. The molecule has 0 bridgehead atoms. The molecule has 1 aliphatic heterocycles. The van der Waals surface area contributed by atoms with E-state index in [1.807, 2.05) is 6.07 Å². The highest BCUT2D eigenvalue weighted by Crippen LogP contribution is 2.24. The van der Waals surface area contributed by atoms with Crippen LogP contribution in [-0.2, 0) is 24.1 Å². The van der Waals surface area contributed by atoms with Gasteiger partial charge < -0.3 is 5.11 Å². The normalized spacial score (nSPS) is 20.4. The molecule has 0 saturated carbocycles. The molecule has 1 N–H and O–H groups in total. The molecule has 0 saturated heterocycles. The van der Waals surface area contributed by atoms with E-state index in [4.69, 9.17) is 4.18 Å². The number of hydrogen-bond acceptors (Lipinski definition) is 6. The fourth-order valence-corrected chi connectivity index (χ4v) is 4.76. The molecule has 0 fully saturated rings. The molecule has 8 heteroatoms. The van der Waals surface area contributed by atoms with Crippen LogP contribution in [0.15, 0.2) is 71.0 Å². The second kappa shape index (κ2) is 6.72. The molecule has 2 aromatic carbocycles. The van der Waals surface area contributed by atoms with Gasteiger partial charge in [-0.2, -0.15) is 8.42 Å². The lowest BCUT2D eigenvalue weighted by atomic mass is 10.0. The number of rotatable bonds is 5. The lowest BCUT2D eigenvalue weighted by Gasteiger charge is -2.13. The average Bonchev–Trinajstić information content (AvgIpc) is 2.93. The van der Waals surface area contributed by atoms with E-state index in [1.165, 1.54) is 30.3 Å². The molecule has 2 unspecified atom stereocenters. The molecule has 2 aromatic rings. The van der Waals surface area contributed by atoms with E-state index < -0.39 is 37.9 Å². The minimum absolute atomic E-state index is 0.103. The van der Waals surface area contributed by atoms with Crippen LogP contribution in [0.4, 0.5) is 0 Å². The Bertz CT molecular complexity index is 977. The second-order valence-corrected chi connectivity index (χ2v) is 9.13. The average molecular weight is 380 g/mol. The van der Waals surface area contributed by atoms with Crippen molar-refractivity contribution in [1.29, 1.82) is 0 Å². The summed E-state index contributed by atoms with van der Waals surface area (Å²) in [6.07, 6.45) is -0.688. The SMILES string of the molecule is O=S1(=O)C=CC(OS(=O)(=O)c2ccc(C(O)c3ccccc3)cc2)C1. The van der Waals surface area contributed by atoms with Gasteiger partial charge in [0.15, 0.2) is 9.84 Å². The van der Waals surface area contributed by atoms with Gasteiger partial charge in [-0.1, -0.05) is 42.5 Å². The van der Waals surface area contributed by atoms with Crippen LogP contribution in [0.3, 0.4) is 0 Å². The van der Waals surface area contributed by atoms with Gasteiger partial charge in [-0.3, -0.25) is 4.18 Å². The van der Waals surface area contributed by atoms with Crippen LogP contribution in [0.2, 0.25) is 0 Å². The topological polar surface area (TPSA) is 97.7 Å². The molecule has 3 rings (SSSR count). The van der Waals surface area contributed by atoms with Crippen LogP contribution in [0.25, 0.3) is 0 Å². The Morgan fingerprint density at radius 1 is 1.00 bits per heavy atom. The Labute approximate surface area is 146 Å². The summed E-state index contributed by atoms with van der Waals surface area (Å²) in [5, 5.41) is 11.3. The first kappa shape index (κ1) is 17.8. The maximum absolute atomic E-state index is 12.2. The Balaban J connectivity index is 1.76. The first-order valence-corrected chi connectivity index (χ1v) is 10.6. The Kier molecular flexibility index (Phi) is 4.79. The van der Waals surface area contributed by atoms with E-state index in [0.29, 0.717) is 11.1 Å². The molecular weight excluding hydrogens is 364 g/mol. The molecule has 1 aliphatic rings. The smallest absolute Gasteiger partial charge is 0.297 e. The summed E-state index contributed by atoms with van der Waals surface area (Å²) in [5.74, 6) is -0.392. The number of hydrogen-bond donors (Lipinski definition) is 1. The van der Waals surface area contributed by atoms with Gasteiger partial charge >= 0.3 is 0 Å². The van der Waals surface area contributed by atoms with Crippen molar-refractivity contribution in [2.75, 3.05) is 5.75 Å². The summed E-state index contributed by atoms with van der Waals surface area (Å²) in [5.41, 5.74) is 1.23. The molecule has 0 radical (unpaired) electrons. The molecule has 2 atom stereocenters. The van der Waals surface area contributed by atoms with Gasteiger partial charge in [-0.15, -0.1) is 0 Å². The van der Waals surface area contributed by atoms with Crippen molar-refractivity contribution in [3.8, 4) is 0 Å². The standard InChI is InChI=1S/C17H16O6S2/c18-17(13-4-2-1-3-5-13)14-6-8-16(9-7-14)25(21,22)23-15-10-11-24(19,20)12-15/h1-11,15,17-18H,12H2. The molecule has 0 amide bonds. The van der Waals surface area contributed by atoms with Gasteiger partial charge in [-0.25, -0.2) is 8.42 Å². The lowest BCUT2D eigenvalue weighted by Crippen LogP contribution is -2.20. The van der Waals surface area contributed by atoms with E-state index in [9.17, 15) is 21.9 Å². The summed E-state index contributed by atoms with van der Waals surface area (Å²) in [7, 11) is -7.50. The first-order chi connectivity index (χ1) is 11.8. The van der Waals surface area contributed by atoms with Crippen LogP contribution in [0.1, 0.15) is 17.2 Å². The van der Waals surface area contributed by atoms with Crippen molar-refractivity contribution in [3.05, 3.63) is 77.2 Å². The van der Waals surface area contributed by atoms with E-state index in [2.05, 4.69) is 0 Å². The molecule has 1 heterocycles. The zero-order valence-corrected chi connectivity index (χ0v) is 14.7. The maximum atomic E-state index is 12.2. The maximum Gasteiger partial charge on any atom is 0.297 e. The molecule has 132 valence electrons. The molecule has 0 aliphatic carbocycles. The summed E-state index contributed by atoms with van der Waals surface area (Å²) in [4.78, 5) is -0.103. The second-order valence-electron chi connectivity index (χ2n) is 5.63. The van der Waals surface area contributed by atoms with Crippen molar-refractivity contribution < 1.29 is 26.1 Å². The van der Waals surface area contributed by atoms with Crippen LogP contribution in [0.5, 0.6) is 0 Å². The molecule has 0 spiro atoms. The molecular formula is C17H16O6S2. The highest BCUT2D eigenvalue weighted by molar-refractivity contribution is 7.94. The van der Waals surface area contributed by atoms with Gasteiger partial charge in [0.1, 0.15) is 12.2 Å². The number of sulfone groups is 1. The summed E-state index contributed by atoms with van der Waals surface area (Å²) in [6, 6.07) is 14.6. The number of benzene rings is 2. The minimum atomic E-state index is -4.10. The molecule has 6 nitrogen and oxygen atoms in total. The van der Waals surface area contributed by atoms with E-state index in [-0.39, 0.29) is 4.90 Å². The van der Waals surface area contributed by atoms with Gasteiger partial charge in [-0.05, 0) is 29.3 Å². The predicted octanol–water partition coefficient (Wildman–Crippen LogP) is 1.78. The fraction of sp³-hybridized carbons (Fsp3) is 0.176. The van der Waals surface area contributed by atoms with Crippen molar-refractivity contribution in [2.45, 2.75) is 17.1 Å². The van der Waals surface area contributed by atoms with Crippen molar-refractivity contribution in [2.24, 2.45) is 0 Å². The van der Waals surface area contributed by atoms with Crippen molar-refractivity contribution in [3.63, 3.8) is 0 Å². The Morgan fingerprint density at radius 2 is 1.60 bits per heavy atom. The first-order valence-electron chi connectivity index (χ1n) is 7.44. The third kappa shape index (κ3) is 4.16. The summed E-state index contributed by atoms with van der Waals surface area (Å²) < 4.78 is 52.1. The van der Waals surface area contributed by atoms with Gasteiger partial charge in [0.25, 0.3) is 10.1 Å². The van der Waals surface area contributed by atoms with E-state index in [1.54, 1.807) is 24.3 Å². The van der Waals surface area contributed by atoms with Gasteiger partial charge in [0.05, 0.1) is 10.6 Å². The third-order valence-corrected chi connectivity index (χ3v) is 6.46. The quantitative estimate of drug-likeness (QED) is 0.794. The van der Waals surface area contributed by atoms with Crippen molar-refractivity contribution in [1.82, 2.24) is 0 Å². The Morgan fingerprint density at radius 3 is 2.16 bits per heavy atom. The summed E-state index contributed by atoms with van der Waals surface area (Å²) >= 11 is 0. The highest BCUT2D eigenvalue weighted by atomic mass is 32.2. The van der Waals surface area contributed by atoms with E-state index in [0.717, 1.165) is 5.41 Å². The van der Waals surface area contributed by atoms with E-state index >= 15 is 0 Å². The fourth-order valence-electron chi connectivity index (χ4n) is 2.47. The van der Waals surface area contributed by atoms with Crippen molar-refractivity contribution >= 4 is 20.0 Å². The minimum Gasteiger partial charge on any atom is -0.384 e. The monoisotopic (exact) mass is 380 g/mol. The highest BCUT2D eigenvalue weighted by Gasteiger charge is 2.28. The predicted molar refractivity (Wildman–Crippen MR) is 91.9 cm³/mol. The number of aliphatic hydroxyl groups excluding tert-OH is 1.